The Morgan fingerprint density at radius 1 is 1.26 bits per heavy atom. The minimum absolute atomic E-state index is 0.0125. The van der Waals surface area contributed by atoms with Gasteiger partial charge in [0.15, 0.2) is 0 Å². The number of nitrogens with zero attached hydrogens (tertiary/aromatic N) is 2. The number of carbonyl (C=O) groups excluding carboxylic acids is 1. The van der Waals surface area contributed by atoms with Gasteiger partial charge in [-0.3, -0.25) is 4.79 Å². The van der Waals surface area contributed by atoms with E-state index in [0.717, 1.165) is 5.56 Å². The van der Waals surface area contributed by atoms with Crippen molar-refractivity contribution in [2.45, 2.75) is 33.0 Å². The molecule has 0 spiro atoms. The number of ether oxygens (including phenoxy) is 1. The van der Waals surface area contributed by atoms with Crippen molar-refractivity contribution in [2.24, 2.45) is 0 Å². The van der Waals surface area contributed by atoms with Crippen LogP contribution in [0.25, 0.3) is 0 Å². The Hall–Kier alpha value is -1.98. The summed E-state index contributed by atoms with van der Waals surface area (Å²) in [7, 11) is 0. The fourth-order valence-electron chi connectivity index (χ4n) is 2.07. The summed E-state index contributed by atoms with van der Waals surface area (Å²) in [6, 6.07) is 6.93. The predicted molar refractivity (Wildman–Crippen MR) is 89.5 cm³/mol. The van der Waals surface area contributed by atoms with Crippen LogP contribution in [-0.2, 0) is 4.74 Å². The highest BCUT2D eigenvalue weighted by atomic mass is 35.5. The maximum Gasteiger partial charge on any atom is 0.252 e. The maximum absolute atomic E-state index is 12.3. The van der Waals surface area contributed by atoms with Crippen molar-refractivity contribution < 1.29 is 9.53 Å². The standard InChI is InChI=1S/C17H20ClN3O2/c1-11(2)23-16(13-8-19-12(3)20-9-13)10-21-17(22)14-6-4-5-7-15(14)18/h4-9,11,16H,10H2,1-3H3,(H,21,22). The molecule has 2 aromatic rings. The first kappa shape index (κ1) is 17.4. The highest BCUT2D eigenvalue weighted by Crippen LogP contribution is 2.18. The minimum atomic E-state index is -0.318. The second-order valence-corrected chi connectivity index (χ2v) is 5.83. The van der Waals surface area contributed by atoms with Gasteiger partial charge < -0.3 is 10.1 Å². The summed E-state index contributed by atoms with van der Waals surface area (Å²) < 4.78 is 5.87. The zero-order valence-electron chi connectivity index (χ0n) is 13.4. The van der Waals surface area contributed by atoms with Crippen LogP contribution in [0.3, 0.4) is 0 Å². The van der Waals surface area contributed by atoms with Crippen LogP contribution in [0.5, 0.6) is 0 Å². The van der Waals surface area contributed by atoms with Gasteiger partial charge in [-0.05, 0) is 32.9 Å². The summed E-state index contributed by atoms with van der Waals surface area (Å²) in [5, 5.41) is 3.28. The van der Waals surface area contributed by atoms with Crippen LogP contribution in [0.15, 0.2) is 36.7 Å². The van der Waals surface area contributed by atoms with E-state index in [-0.39, 0.29) is 18.1 Å². The lowest BCUT2D eigenvalue weighted by molar-refractivity contribution is 0.00690. The molecule has 6 heteroatoms. The molecule has 2 rings (SSSR count). The van der Waals surface area contributed by atoms with Crippen molar-refractivity contribution in [3.05, 3.63) is 58.6 Å². The molecule has 1 amide bonds. The summed E-state index contributed by atoms with van der Waals surface area (Å²) in [5.41, 5.74) is 1.27. The van der Waals surface area contributed by atoms with E-state index >= 15 is 0 Å². The highest BCUT2D eigenvalue weighted by molar-refractivity contribution is 6.33. The molecule has 1 atom stereocenters. The van der Waals surface area contributed by atoms with E-state index in [2.05, 4.69) is 15.3 Å². The van der Waals surface area contributed by atoms with Crippen LogP contribution in [0.4, 0.5) is 0 Å². The third-order valence-electron chi connectivity index (χ3n) is 3.18. The third-order valence-corrected chi connectivity index (χ3v) is 3.51. The number of benzene rings is 1. The molecule has 1 aromatic heterocycles. The number of hydrogen-bond donors (Lipinski definition) is 1. The Balaban J connectivity index is 2.08. The SMILES string of the molecule is Cc1ncc(C(CNC(=O)c2ccccc2Cl)OC(C)C)cn1. The average Bonchev–Trinajstić information content (AvgIpc) is 2.52. The van der Waals surface area contributed by atoms with E-state index in [9.17, 15) is 4.79 Å². The molecule has 23 heavy (non-hydrogen) atoms. The zero-order valence-corrected chi connectivity index (χ0v) is 14.2. The van der Waals surface area contributed by atoms with Gasteiger partial charge >= 0.3 is 0 Å². The van der Waals surface area contributed by atoms with Crippen molar-refractivity contribution >= 4 is 17.5 Å². The van der Waals surface area contributed by atoms with Crippen molar-refractivity contribution in [1.82, 2.24) is 15.3 Å². The van der Waals surface area contributed by atoms with Crippen LogP contribution in [-0.4, -0.2) is 28.5 Å². The van der Waals surface area contributed by atoms with Gasteiger partial charge in [0.05, 0.1) is 16.7 Å². The van der Waals surface area contributed by atoms with E-state index in [1.807, 2.05) is 20.8 Å². The van der Waals surface area contributed by atoms with E-state index in [4.69, 9.17) is 16.3 Å². The number of aromatic nitrogens is 2. The zero-order chi connectivity index (χ0) is 16.8. The van der Waals surface area contributed by atoms with E-state index in [1.165, 1.54) is 0 Å². The van der Waals surface area contributed by atoms with Crippen molar-refractivity contribution in [3.63, 3.8) is 0 Å². The number of hydrogen-bond acceptors (Lipinski definition) is 4. The third kappa shape index (κ3) is 5.01. The molecule has 0 saturated heterocycles. The maximum atomic E-state index is 12.3. The molecule has 1 heterocycles. The first-order valence-corrected chi connectivity index (χ1v) is 7.82. The summed E-state index contributed by atoms with van der Waals surface area (Å²) in [5.74, 6) is 0.457. The molecule has 0 bridgehead atoms. The Labute approximate surface area is 141 Å². The fourth-order valence-corrected chi connectivity index (χ4v) is 2.29. The van der Waals surface area contributed by atoms with E-state index in [0.29, 0.717) is 23.0 Å². The smallest absolute Gasteiger partial charge is 0.252 e. The van der Waals surface area contributed by atoms with Gasteiger partial charge in [0.2, 0.25) is 0 Å². The summed E-state index contributed by atoms with van der Waals surface area (Å²) in [6.45, 7) is 6.02. The van der Waals surface area contributed by atoms with Gasteiger partial charge in [0.25, 0.3) is 5.91 Å². The molecule has 122 valence electrons. The van der Waals surface area contributed by atoms with E-state index in [1.54, 1.807) is 36.7 Å². The highest BCUT2D eigenvalue weighted by Gasteiger charge is 2.17. The lowest BCUT2D eigenvalue weighted by atomic mass is 10.1. The molecular weight excluding hydrogens is 314 g/mol. The van der Waals surface area contributed by atoms with Crippen LogP contribution in [0.2, 0.25) is 5.02 Å². The molecule has 0 saturated carbocycles. The first-order chi connectivity index (χ1) is 11.0. The fraction of sp³-hybridized carbons (Fsp3) is 0.353. The second-order valence-electron chi connectivity index (χ2n) is 5.43. The molecule has 1 unspecified atom stereocenters. The number of amides is 1. The topological polar surface area (TPSA) is 64.1 Å². The van der Waals surface area contributed by atoms with Crippen molar-refractivity contribution in [1.29, 1.82) is 0 Å². The average molecular weight is 334 g/mol. The van der Waals surface area contributed by atoms with Crippen molar-refractivity contribution in [3.8, 4) is 0 Å². The second kappa shape index (κ2) is 8.04. The summed E-state index contributed by atoms with van der Waals surface area (Å²) >= 11 is 6.04. The summed E-state index contributed by atoms with van der Waals surface area (Å²) in [6.07, 6.45) is 3.13. The lowest BCUT2D eigenvalue weighted by Crippen LogP contribution is -2.30. The molecule has 0 aliphatic carbocycles. The Bertz CT molecular complexity index is 659. The largest absolute Gasteiger partial charge is 0.369 e. The molecule has 0 fully saturated rings. The Morgan fingerprint density at radius 3 is 2.52 bits per heavy atom. The Morgan fingerprint density at radius 2 is 1.91 bits per heavy atom. The van der Waals surface area contributed by atoms with Crippen LogP contribution in [0, 0.1) is 6.92 Å². The quantitative estimate of drug-likeness (QED) is 0.880. The van der Waals surface area contributed by atoms with Gasteiger partial charge in [-0.15, -0.1) is 0 Å². The molecule has 0 radical (unpaired) electrons. The van der Waals surface area contributed by atoms with Crippen molar-refractivity contribution in [2.75, 3.05) is 6.54 Å². The van der Waals surface area contributed by atoms with Gasteiger partial charge in [-0.25, -0.2) is 9.97 Å². The van der Waals surface area contributed by atoms with Crippen LogP contribution < -0.4 is 5.32 Å². The molecular formula is C17H20ClN3O2. The van der Waals surface area contributed by atoms with Gasteiger partial charge in [-0.2, -0.15) is 0 Å². The minimum Gasteiger partial charge on any atom is -0.369 e. The Kier molecular flexibility index (Phi) is 6.07. The monoisotopic (exact) mass is 333 g/mol. The van der Waals surface area contributed by atoms with Crippen LogP contribution in [0.1, 0.15) is 41.7 Å². The molecule has 5 nitrogen and oxygen atoms in total. The summed E-state index contributed by atoms with van der Waals surface area (Å²) in [4.78, 5) is 20.6. The number of nitrogens with one attached hydrogen (secondary N) is 1. The molecule has 1 N–H and O–H groups in total. The number of aryl methyl sites for hydroxylation is 1. The molecule has 1 aromatic carbocycles. The van der Waals surface area contributed by atoms with E-state index < -0.39 is 0 Å². The number of carbonyl (C=O) groups is 1. The predicted octanol–water partition coefficient (Wildman–Crippen LogP) is 3.33. The lowest BCUT2D eigenvalue weighted by Gasteiger charge is -2.21. The van der Waals surface area contributed by atoms with Gasteiger partial charge in [-0.1, -0.05) is 23.7 Å². The van der Waals surface area contributed by atoms with Gasteiger partial charge in [0, 0.05) is 24.5 Å². The normalized spacial score (nSPS) is 12.2. The van der Waals surface area contributed by atoms with Crippen LogP contribution >= 0.6 is 11.6 Å². The first-order valence-electron chi connectivity index (χ1n) is 7.44. The van der Waals surface area contributed by atoms with Gasteiger partial charge in [0.1, 0.15) is 11.9 Å². The molecule has 0 aliphatic rings. The number of rotatable bonds is 6. The number of halogens is 1. The molecule has 0 aliphatic heterocycles.